The zero-order valence-electron chi connectivity index (χ0n) is 10.8. The van der Waals surface area contributed by atoms with Gasteiger partial charge in [0.15, 0.2) is 5.75 Å². The maximum atomic E-state index is 11.6. The lowest BCUT2D eigenvalue weighted by molar-refractivity contribution is 0.0548. The Morgan fingerprint density at radius 3 is 2.53 bits per heavy atom. The van der Waals surface area contributed by atoms with Gasteiger partial charge in [0.1, 0.15) is 0 Å². The van der Waals surface area contributed by atoms with Crippen LogP contribution in [0.3, 0.4) is 0 Å². The third-order valence-corrected chi connectivity index (χ3v) is 4.68. The van der Waals surface area contributed by atoms with Crippen LogP contribution in [0.25, 0.3) is 0 Å². The van der Waals surface area contributed by atoms with Crippen LogP contribution >= 0.6 is 10.7 Å². The average molecular weight is 306 g/mol. The smallest absolute Gasteiger partial charge is 0.282 e. The van der Waals surface area contributed by atoms with Crippen molar-refractivity contribution < 1.29 is 17.9 Å². The number of hydrogen-bond donors (Lipinski definition) is 0. The highest BCUT2D eigenvalue weighted by atomic mass is 35.7. The molecule has 19 heavy (non-hydrogen) atoms. The second kappa shape index (κ2) is 5.26. The lowest BCUT2D eigenvalue weighted by Crippen LogP contribution is -2.31. The van der Waals surface area contributed by atoms with Crippen LogP contribution in [0.15, 0.2) is 17.2 Å². The Kier molecular flexibility index (Phi) is 4.03. The fourth-order valence-electron chi connectivity index (χ4n) is 2.17. The summed E-state index contributed by atoms with van der Waals surface area (Å²) in [5, 5.41) is -0.220. The van der Waals surface area contributed by atoms with Crippen molar-refractivity contribution >= 4 is 19.7 Å². The molecule has 0 amide bonds. The summed E-state index contributed by atoms with van der Waals surface area (Å²) in [7, 11) is 2.86. The Morgan fingerprint density at radius 2 is 2.00 bits per heavy atom. The van der Waals surface area contributed by atoms with E-state index >= 15 is 0 Å². The van der Waals surface area contributed by atoms with Crippen molar-refractivity contribution in [2.24, 2.45) is 0 Å². The normalized spacial score (nSPS) is 19.1. The summed E-state index contributed by atoms with van der Waals surface area (Å²) in [5.74, 6) is 0.161. The van der Waals surface area contributed by atoms with Crippen molar-refractivity contribution in [2.45, 2.75) is 30.2 Å². The Bertz CT molecular complexity index is 567. The molecule has 0 bridgehead atoms. The minimum Gasteiger partial charge on any atom is -0.494 e. The molecule has 0 radical (unpaired) electrons. The highest BCUT2D eigenvalue weighted by molar-refractivity contribution is 8.13. The molecule has 0 aliphatic carbocycles. The largest absolute Gasteiger partial charge is 0.494 e. The molecule has 1 aromatic heterocycles. The third-order valence-electron chi connectivity index (χ3n) is 3.49. The first kappa shape index (κ1) is 14.6. The third kappa shape index (κ3) is 3.01. The van der Waals surface area contributed by atoms with Crippen molar-refractivity contribution in [2.75, 3.05) is 20.3 Å². The SMILES string of the molecule is COc1ccc(C2(C)CCOCC2)nc1S(=O)(=O)Cl. The van der Waals surface area contributed by atoms with Gasteiger partial charge in [-0.15, -0.1) is 0 Å². The average Bonchev–Trinajstić information content (AvgIpc) is 2.38. The molecule has 106 valence electrons. The Labute approximate surface area is 117 Å². The first-order chi connectivity index (χ1) is 8.87. The first-order valence-electron chi connectivity index (χ1n) is 5.95. The van der Waals surface area contributed by atoms with Gasteiger partial charge in [-0.1, -0.05) is 6.92 Å². The summed E-state index contributed by atoms with van der Waals surface area (Å²) < 4.78 is 33.4. The van der Waals surface area contributed by atoms with Crippen molar-refractivity contribution in [3.63, 3.8) is 0 Å². The van der Waals surface area contributed by atoms with Crippen molar-refractivity contribution in [1.82, 2.24) is 4.98 Å². The lowest BCUT2D eigenvalue weighted by atomic mass is 9.79. The van der Waals surface area contributed by atoms with E-state index in [1.165, 1.54) is 7.11 Å². The molecule has 1 saturated heterocycles. The number of rotatable bonds is 3. The zero-order chi connectivity index (χ0) is 14.1. The van der Waals surface area contributed by atoms with Gasteiger partial charge in [-0.3, -0.25) is 0 Å². The van der Waals surface area contributed by atoms with Gasteiger partial charge in [-0.25, -0.2) is 13.4 Å². The van der Waals surface area contributed by atoms with Gasteiger partial charge in [0.2, 0.25) is 5.03 Å². The van der Waals surface area contributed by atoms with Crippen molar-refractivity contribution in [3.8, 4) is 5.75 Å². The van der Waals surface area contributed by atoms with Crippen LogP contribution in [-0.4, -0.2) is 33.7 Å². The molecule has 0 spiro atoms. The quantitative estimate of drug-likeness (QED) is 0.800. The molecule has 1 aliphatic rings. The molecule has 0 N–H and O–H groups in total. The number of halogens is 1. The van der Waals surface area contributed by atoms with Gasteiger partial charge < -0.3 is 9.47 Å². The second-order valence-corrected chi connectivity index (χ2v) is 7.30. The molecule has 5 nitrogen and oxygen atoms in total. The maximum Gasteiger partial charge on any atom is 0.282 e. The van der Waals surface area contributed by atoms with E-state index in [4.69, 9.17) is 20.2 Å². The van der Waals surface area contributed by atoms with Gasteiger partial charge >= 0.3 is 0 Å². The molecule has 1 aromatic rings. The zero-order valence-corrected chi connectivity index (χ0v) is 12.4. The van der Waals surface area contributed by atoms with Crippen LogP contribution in [0, 0.1) is 0 Å². The molecular weight excluding hydrogens is 290 g/mol. The number of aromatic nitrogens is 1. The number of pyridine rings is 1. The Morgan fingerprint density at radius 1 is 1.37 bits per heavy atom. The maximum absolute atomic E-state index is 11.6. The van der Waals surface area contributed by atoms with Crippen LogP contribution < -0.4 is 4.74 Å². The fourth-order valence-corrected chi connectivity index (χ4v) is 3.10. The minimum absolute atomic E-state index is 0.161. The molecule has 7 heteroatoms. The van der Waals surface area contributed by atoms with Crippen LogP contribution in [0.1, 0.15) is 25.5 Å². The lowest BCUT2D eigenvalue weighted by Gasteiger charge is -2.33. The van der Waals surface area contributed by atoms with Crippen LogP contribution in [0.2, 0.25) is 0 Å². The molecule has 0 atom stereocenters. The van der Waals surface area contributed by atoms with Gasteiger partial charge in [-0.05, 0) is 25.0 Å². The molecule has 1 aliphatic heterocycles. The van der Waals surface area contributed by atoms with Crippen LogP contribution in [-0.2, 0) is 19.2 Å². The standard InChI is InChI=1S/C12H16ClNO4S/c1-12(5-7-18-8-6-12)10-4-3-9(17-2)11(14-10)19(13,15)16/h3-4H,5-8H2,1-2H3. The first-order valence-corrected chi connectivity index (χ1v) is 8.26. The van der Waals surface area contributed by atoms with E-state index in [1.54, 1.807) is 12.1 Å². The highest BCUT2D eigenvalue weighted by Crippen LogP contribution is 2.35. The van der Waals surface area contributed by atoms with Crippen molar-refractivity contribution in [1.29, 1.82) is 0 Å². The van der Waals surface area contributed by atoms with Gasteiger partial charge in [0, 0.05) is 35.0 Å². The minimum atomic E-state index is -3.93. The van der Waals surface area contributed by atoms with E-state index < -0.39 is 9.05 Å². The van der Waals surface area contributed by atoms with Crippen molar-refractivity contribution in [3.05, 3.63) is 17.8 Å². The molecule has 0 unspecified atom stereocenters. The summed E-state index contributed by atoms with van der Waals surface area (Å²) in [6.07, 6.45) is 1.60. The predicted molar refractivity (Wildman–Crippen MR) is 71.2 cm³/mol. The van der Waals surface area contributed by atoms with E-state index in [-0.39, 0.29) is 16.2 Å². The van der Waals surface area contributed by atoms with Gasteiger partial charge in [-0.2, -0.15) is 0 Å². The Hall–Kier alpha value is -0.850. The molecular formula is C12H16ClNO4S. The van der Waals surface area contributed by atoms with Crippen LogP contribution in [0.5, 0.6) is 5.75 Å². The number of nitrogens with zero attached hydrogens (tertiary/aromatic N) is 1. The van der Waals surface area contributed by atoms with E-state index in [2.05, 4.69) is 11.9 Å². The summed E-state index contributed by atoms with van der Waals surface area (Å²) in [5.41, 5.74) is 0.511. The topological polar surface area (TPSA) is 65.5 Å². The van der Waals surface area contributed by atoms with E-state index in [0.717, 1.165) is 12.8 Å². The summed E-state index contributed by atoms with van der Waals surface area (Å²) in [6, 6.07) is 3.38. The van der Waals surface area contributed by atoms with E-state index in [0.29, 0.717) is 18.9 Å². The summed E-state index contributed by atoms with van der Waals surface area (Å²) in [6.45, 7) is 3.34. The number of hydrogen-bond acceptors (Lipinski definition) is 5. The van der Waals surface area contributed by atoms with E-state index in [1.807, 2.05) is 0 Å². The fraction of sp³-hybridized carbons (Fsp3) is 0.583. The molecule has 2 rings (SSSR count). The van der Waals surface area contributed by atoms with Gasteiger partial charge in [0.05, 0.1) is 7.11 Å². The predicted octanol–water partition coefficient (Wildman–Crippen LogP) is 2.09. The van der Waals surface area contributed by atoms with E-state index in [9.17, 15) is 8.42 Å². The Balaban J connectivity index is 2.49. The number of ether oxygens (including phenoxy) is 2. The molecule has 0 aromatic carbocycles. The monoisotopic (exact) mass is 305 g/mol. The molecule has 1 fully saturated rings. The molecule has 2 heterocycles. The number of methoxy groups -OCH3 is 1. The summed E-state index contributed by atoms with van der Waals surface area (Å²) >= 11 is 0. The summed E-state index contributed by atoms with van der Waals surface area (Å²) in [4.78, 5) is 4.21. The van der Waals surface area contributed by atoms with Gasteiger partial charge in [0.25, 0.3) is 9.05 Å². The highest BCUT2D eigenvalue weighted by Gasteiger charge is 2.32. The van der Waals surface area contributed by atoms with Crippen LogP contribution in [0.4, 0.5) is 0 Å². The second-order valence-electron chi connectivity index (χ2n) is 4.81. The molecule has 0 saturated carbocycles.